The van der Waals surface area contributed by atoms with Crippen molar-refractivity contribution in [3.8, 4) is 0 Å². The Balaban J connectivity index is 2.01. The number of ether oxygens (including phenoxy) is 1. The summed E-state index contributed by atoms with van der Waals surface area (Å²) in [4.78, 5) is 12.1. The fourth-order valence-electron chi connectivity index (χ4n) is 1.97. The SMILES string of the molecule is COC1(CNC(=O)c2ccc(Cl)cc2Cl)CCSC1. The molecular formula is C13H15Cl2NO2S. The molecule has 1 unspecified atom stereocenters. The molecule has 1 heterocycles. The van der Waals surface area contributed by atoms with E-state index >= 15 is 0 Å². The van der Waals surface area contributed by atoms with Crippen LogP contribution in [-0.4, -0.2) is 36.7 Å². The molecule has 1 aromatic rings. The number of carbonyl (C=O) groups excluding carboxylic acids is 1. The summed E-state index contributed by atoms with van der Waals surface area (Å²) >= 11 is 13.7. The molecule has 19 heavy (non-hydrogen) atoms. The minimum Gasteiger partial charge on any atom is -0.376 e. The maximum atomic E-state index is 12.1. The van der Waals surface area contributed by atoms with Gasteiger partial charge in [0.1, 0.15) is 0 Å². The first-order valence-corrected chi connectivity index (χ1v) is 7.83. The molecule has 2 rings (SSSR count). The number of benzene rings is 1. The highest BCUT2D eigenvalue weighted by Gasteiger charge is 2.34. The molecule has 0 bridgehead atoms. The molecule has 0 radical (unpaired) electrons. The second-order valence-corrected chi connectivity index (χ2v) is 6.45. The number of hydrogen-bond acceptors (Lipinski definition) is 3. The quantitative estimate of drug-likeness (QED) is 0.925. The lowest BCUT2D eigenvalue weighted by molar-refractivity contribution is 0.0137. The van der Waals surface area contributed by atoms with Gasteiger partial charge in [-0.25, -0.2) is 0 Å². The summed E-state index contributed by atoms with van der Waals surface area (Å²) in [6.45, 7) is 0.494. The summed E-state index contributed by atoms with van der Waals surface area (Å²) < 4.78 is 5.54. The molecular weight excluding hydrogens is 305 g/mol. The van der Waals surface area contributed by atoms with Crippen molar-refractivity contribution < 1.29 is 9.53 Å². The highest BCUT2D eigenvalue weighted by Crippen LogP contribution is 2.30. The van der Waals surface area contributed by atoms with E-state index < -0.39 is 0 Å². The molecule has 0 saturated carbocycles. The summed E-state index contributed by atoms with van der Waals surface area (Å²) in [6.07, 6.45) is 0.947. The van der Waals surface area contributed by atoms with Gasteiger partial charge in [-0.3, -0.25) is 4.79 Å². The Bertz CT molecular complexity index is 476. The van der Waals surface area contributed by atoms with Crippen molar-refractivity contribution in [1.29, 1.82) is 0 Å². The molecule has 1 aliphatic heterocycles. The van der Waals surface area contributed by atoms with Crippen molar-refractivity contribution in [3.63, 3.8) is 0 Å². The lowest BCUT2D eigenvalue weighted by atomic mass is 10.0. The zero-order valence-electron chi connectivity index (χ0n) is 10.5. The summed E-state index contributed by atoms with van der Waals surface area (Å²) in [5.74, 6) is 1.76. The predicted octanol–water partition coefficient (Wildman–Crippen LogP) is 3.25. The number of rotatable bonds is 4. The van der Waals surface area contributed by atoms with E-state index in [1.54, 1.807) is 25.3 Å². The number of halogens is 2. The maximum Gasteiger partial charge on any atom is 0.252 e. The van der Waals surface area contributed by atoms with Crippen LogP contribution in [0.2, 0.25) is 10.0 Å². The molecule has 0 aromatic heterocycles. The van der Waals surface area contributed by atoms with Crippen molar-refractivity contribution in [2.24, 2.45) is 0 Å². The molecule has 1 aromatic carbocycles. The molecule has 6 heteroatoms. The number of nitrogens with one attached hydrogen (secondary N) is 1. The Kier molecular flexibility index (Phi) is 5.01. The van der Waals surface area contributed by atoms with Crippen LogP contribution in [0.4, 0.5) is 0 Å². The molecule has 1 N–H and O–H groups in total. The van der Waals surface area contributed by atoms with E-state index in [1.165, 1.54) is 0 Å². The lowest BCUT2D eigenvalue weighted by Crippen LogP contribution is -2.44. The monoisotopic (exact) mass is 319 g/mol. The van der Waals surface area contributed by atoms with Crippen LogP contribution < -0.4 is 5.32 Å². The van der Waals surface area contributed by atoms with Crippen LogP contribution in [0, 0.1) is 0 Å². The Morgan fingerprint density at radius 2 is 2.32 bits per heavy atom. The Hall–Kier alpha value is -0.420. The van der Waals surface area contributed by atoms with Crippen LogP contribution in [0.1, 0.15) is 16.8 Å². The van der Waals surface area contributed by atoms with Crippen molar-refractivity contribution in [1.82, 2.24) is 5.32 Å². The third-order valence-corrected chi connectivity index (χ3v) is 5.02. The van der Waals surface area contributed by atoms with Gasteiger partial charge in [0.2, 0.25) is 0 Å². The zero-order valence-corrected chi connectivity index (χ0v) is 12.9. The van der Waals surface area contributed by atoms with E-state index in [2.05, 4.69) is 5.32 Å². The average Bonchev–Trinajstić information content (AvgIpc) is 2.85. The first kappa shape index (κ1) is 15.0. The van der Waals surface area contributed by atoms with Gasteiger partial charge in [0.15, 0.2) is 0 Å². The normalized spacial score (nSPS) is 22.5. The maximum absolute atomic E-state index is 12.1. The van der Waals surface area contributed by atoms with Crippen molar-refractivity contribution in [3.05, 3.63) is 33.8 Å². The summed E-state index contributed by atoms with van der Waals surface area (Å²) in [5, 5.41) is 3.76. The molecule has 1 amide bonds. The van der Waals surface area contributed by atoms with Gasteiger partial charge in [-0.05, 0) is 30.4 Å². The van der Waals surface area contributed by atoms with Crippen molar-refractivity contribution in [2.75, 3.05) is 25.2 Å². The Morgan fingerprint density at radius 3 is 2.89 bits per heavy atom. The second-order valence-electron chi connectivity index (χ2n) is 4.50. The summed E-state index contributed by atoms with van der Waals surface area (Å²) in [5.41, 5.74) is 0.183. The zero-order chi connectivity index (χ0) is 13.9. The van der Waals surface area contributed by atoms with Crippen LogP contribution in [0.15, 0.2) is 18.2 Å². The minimum absolute atomic E-state index is 0.199. The number of methoxy groups -OCH3 is 1. The number of carbonyl (C=O) groups is 1. The van der Waals surface area contributed by atoms with E-state index in [1.807, 2.05) is 11.8 Å². The number of amides is 1. The van der Waals surface area contributed by atoms with E-state index in [0.29, 0.717) is 22.2 Å². The first-order chi connectivity index (χ1) is 9.06. The van der Waals surface area contributed by atoms with Gasteiger partial charge in [0.05, 0.1) is 16.2 Å². The third-order valence-electron chi connectivity index (χ3n) is 3.25. The van der Waals surface area contributed by atoms with Gasteiger partial charge in [0, 0.05) is 24.4 Å². The summed E-state index contributed by atoms with van der Waals surface area (Å²) in [7, 11) is 1.69. The molecule has 1 saturated heterocycles. The Morgan fingerprint density at radius 1 is 1.53 bits per heavy atom. The highest BCUT2D eigenvalue weighted by atomic mass is 35.5. The van der Waals surface area contributed by atoms with Gasteiger partial charge < -0.3 is 10.1 Å². The average molecular weight is 320 g/mol. The van der Waals surface area contributed by atoms with E-state index in [0.717, 1.165) is 17.9 Å². The van der Waals surface area contributed by atoms with Crippen LogP contribution in [0.25, 0.3) is 0 Å². The molecule has 3 nitrogen and oxygen atoms in total. The van der Waals surface area contributed by atoms with Crippen molar-refractivity contribution in [2.45, 2.75) is 12.0 Å². The van der Waals surface area contributed by atoms with Crippen molar-refractivity contribution >= 4 is 40.9 Å². The molecule has 1 aliphatic rings. The fraction of sp³-hybridized carbons (Fsp3) is 0.462. The number of thioether (sulfide) groups is 1. The van der Waals surface area contributed by atoms with Gasteiger partial charge in [-0.2, -0.15) is 11.8 Å². The summed E-state index contributed by atoms with van der Waals surface area (Å²) in [6, 6.07) is 4.85. The molecule has 1 atom stereocenters. The largest absolute Gasteiger partial charge is 0.376 e. The third kappa shape index (κ3) is 3.57. The van der Waals surface area contributed by atoms with Gasteiger partial charge >= 0.3 is 0 Å². The first-order valence-electron chi connectivity index (χ1n) is 5.92. The molecule has 0 aliphatic carbocycles. The van der Waals surface area contributed by atoms with Crippen LogP contribution in [-0.2, 0) is 4.74 Å². The molecule has 104 valence electrons. The predicted molar refractivity (Wildman–Crippen MR) is 80.5 cm³/mol. The standard InChI is InChI=1S/C13H15Cl2NO2S/c1-18-13(4-5-19-8-13)7-16-12(17)10-3-2-9(14)6-11(10)15/h2-3,6H,4-5,7-8H2,1H3,(H,16,17). The van der Waals surface area contributed by atoms with Crippen LogP contribution in [0.5, 0.6) is 0 Å². The van der Waals surface area contributed by atoms with E-state index in [9.17, 15) is 4.79 Å². The lowest BCUT2D eigenvalue weighted by Gasteiger charge is -2.26. The number of hydrogen-bond donors (Lipinski definition) is 1. The molecule has 0 spiro atoms. The van der Waals surface area contributed by atoms with E-state index in [-0.39, 0.29) is 11.5 Å². The second kappa shape index (κ2) is 6.35. The Labute approximate surface area is 127 Å². The van der Waals surface area contributed by atoms with Gasteiger partial charge in [-0.1, -0.05) is 23.2 Å². The minimum atomic E-state index is -0.251. The van der Waals surface area contributed by atoms with Gasteiger partial charge in [-0.15, -0.1) is 0 Å². The van der Waals surface area contributed by atoms with Crippen LogP contribution in [0.3, 0.4) is 0 Å². The smallest absolute Gasteiger partial charge is 0.252 e. The molecule has 1 fully saturated rings. The highest BCUT2D eigenvalue weighted by molar-refractivity contribution is 7.99. The topological polar surface area (TPSA) is 38.3 Å². The van der Waals surface area contributed by atoms with E-state index in [4.69, 9.17) is 27.9 Å². The van der Waals surface area contributed by atoms with Gasteiger partial charge in [0.25, 0.3) is 5.91 Å². The van der Waals surface area contributed by atoms with Crippen LogP contribution >= 0.6 is 35.0 Å². The fourth-order valence-corrected chi connectivity index (χ4v) is 3.86.